The minimum atomic E-state index is -0.197. The molecule has 0 bridgehead atoms. The molecule has 0 aliphatic carbocycles. The first-order valence-corrected chi connectivity index (χ1v) is 5.11. The lowest BCUT2D eigenvalue weighted by molar-refractivity contribution is -0.140. The van der Waals surface area contributed by atoms with Crippen LogP contribution in [0, 0.1) is 0 Å². The lowest BCUT2D eigenvalue weighted by atomic mass is 10.8. The molecule has 0 aromatic rings. The summed E-state index contributed by atoms with van der Waals surface area (Å²) in [5, 5.41) is 0. The van der Waals surface area contributed by atoms with Gasteiger partial charge in [0.05, 0.1) is 6.61 Å². The average Bonchev–Trinajstić information content (AvgIpc) is 1.89. The van der Waals surface area contributed by atoms with Crippen molar-refractivity contribution in [3.8, 4) is 0 Å². The van der Waals surface area contributed by atoms with Crippen molar-refractivity contribution in [1.82, 2.24) is 0 Å². The molecular formula is C6H11BrO2S. The van der Waals surface area contributed by atoms with Crippen molar-refractivity contribution in [3.63, 3.8) is 0 Å². The van der Waals surface area contributed by atoms with Crippen LogP contribution in [0.3, 0.4) is 0 Å². The van der Waals surface area contributed by atoms with E-state index in [1.54, 1.807) is 6.92 Å². The molecule has 1 atom stereocenters. The van der Waals surface area contributed by atoms with Crippen LogP contribution >= 0.6 is 27.7 Å². The summed E-state index contributed by atoms with van der Waals surface area (Å²) < 4.78 is 4.55. The predicted molar refractivity (Wildman–Crippen MR) is 47.5 cm³/mol. The van der Waals surface area contributed by atoms with Gasteiger partial charge in [-0.2, -0.15) is 0 Å². The van der Waals surface area contributed by atoms with Crippen LogP contribution < -0.4 is 0 Å². The van der Waals surface area contributed by atoms with Crippen LogP contribution in [0.5, 0.6) is 0 Å². The van der Waals surface area contributed by atoms with Crippen LogP contribution in [0.1, 0.15) is 13.8 Å². The summed E-state index contributed by atoms with van der Waals surface area (Å²) >= 11 is 4.71. The number of ether oxygens (including phenoxy) is 1. The lowest BCUT2D eigenvalue weighted by Gasteiger charge is -2.05. The zero-order valence-corrected chi connectivity index (χ0v) is 8.50. The number of thioether (sulfide) groups is 1. The van der Waals surface area contributed by atoms with Gasteiger partial charge < -0.3 is 4.74 Å². The monoisotopic (exact) mass is 226 g/mol. The van der Waals surface area contributed by atoms with E-state index in [1.165, 1.54) is 11.8 Å². The summed E-state index contributed by atoms with van der Waals surface area (Å²) in [6, 6.07) is 0. The lowest BCUT2D eigenvalue weighted by Crippen LogP contribution is -2.14. The number of hydrogen-bond donors (Lipinski definition) is 0. The summed E-state index contributed by atoms with van der Waals surface area (Å²) in [7, 11) is 0. The third kappa shape index (κ3) is 4.17. The molecule has 0 radical (unpaired) electrons. The Hall–Kier alpha value is 0.300. The summed E-state index contributed by atoms with van der Waals surface area (Å²) in [4.78, 5) is 10.8. The molecule has 60 valence electrons. The first-order chi connectivity index (χ1) is 4.72. The van der Waals surface area contributed by atoms with E-state index in [2.05, 4.69) is 15.9 Å². The van der Waals surface area contributed by atoms with Crippen LogP contribution in [0.15, 0.2) is 0 Å². The molecule has 0 heterocycles. The minimum absolute atomic E-state index is 0.186. The van der Waals surface area contributed by atoms with E-state index in [0.29, 0.717) is 6.61 Å². The average molecular weight is 227 g/mol. The van der Waals surface area contributed by atoms with Gasteiger partial charge in [-0.05, 0) is 12.7 Å². The maximum atomic E-state index is 10.8. The highest BCUT2D eigenvalue weighted by Crippen LogP contribution is 2.17. The molecule has 0 spiro atoms. The van der Waals surface area contributed by atoms with Crippen molar-refractivity contribution in [2.45, 2.75) is 18.0 Å². The molecule has 0 aliphatic heterocycles. The largest absolute Gasteiger partial charge is 0.465 e. The molecule has 0 N–H and O–H groups in total. The van der Waals surface area contributed by atoms with Gasteiger partial charge in [0.2, 0.25) is 0 Å². The highest BCUT2D eigenvalue weighted by Gasteiger charge is 2.14. The topological polar surface area (TPSA) is 26.3 Å². The van der Waals surface area contributed by atoms with Gasteiger partial charge in [-0.25, -0.2) is 4.79 Å². The van der Waals surface area contributed by atoms with Crippen molar-refractivity contribution < 1.29 is 9.53 Å². The van der Waals surface area contributed by atoms with Crippen molar-refractivity contribution in [1.29, 1.82) is 0 Å². The van der Waals surface area contributed by atoms with E-state index >= 15 is 0 Å². The first-order valence-electron chi connectivity index (χ1n) is 3.14. The number of halogens is 1. The molecule has 1 unspecified atom stereocenters. The van der Waals surface area contributed by atoms with E-state index in [0.717, 1.165) is 5.75 Å². The fraction of sp³-hybridized carbons (Fsp3) is 0.833. The quantitative estimate of drug-likeness (QED) is 0.543. The Morgan fingerprint density at radius 3 is 2.70 bits per heavy atom. The molecule has 4 heteroatoms. The zero-order chi connectivity index (χ0) is 7.98. The number of alkyl halides is 1. The molecule has 0 aromatic carbocycles. The number of esters is 1. The molecule has 0 fully saturated rings. The Morgan fingerprint density at radius 2 is 2.30 bits per heavy atom. The normalized spacial score (nSPS) is 12.7. The number of carbonyl (C=O) groups excluding carboxylic acids is 1. The second-order valence-corrected chi connectivity index (χ2v) is 4.43. The second kappa shape index (κ2) is 6.04. The van der Waals surface area contributed by atoms with E-state index in [1.807, 2.05) is 6.92 Å². The molecule has 0 saturated heterocycles. The Kier molecular flexibility index (Phi) is 6.22. The molecule has 2 nitrogen and oxygen atoms in total. The van der Waals surface area contributed by atoms with Crippen LogP contribution in [-0.2, 0) is 9.53 Å². The highest BCUT2D eigenvalue weighted by molar-refractivity contribution is 9.11. The first kappa shape index (κ1) is 10.3. The molecule has 10 heavy (non-hydrogen) atoms. The highest BCUT2D eigenvalue weighted by atomic mass is 79.9. The fourth-order valence-electron chi connectivity index (χ4n) is 0.422. The fourth-order valence-corrected chi connectivity index (χ4v) is 1.84. The van der Waals surface area contributed by atoms with Gasteiger partial charge in [0, 0.05) is 0 Å². The van der Waals surface area contributed by atoms with Gasteiger partial charge in [-0.15, -0.1) is 11.8 Å². The molecule has 0 rings (SSSR count). The maximum Gasteiger partial charge on any atom is 0.329 e. The van der Waals surface area contributed by atoms with Crippen molar-refractivity contribution in [2.24, 2.45) is 0 Å². The Morgan fingerprint density at radius 1 is 1.70 bits per heavy atom. The van der Waals surface area contributed by atoms with E-state index in [4.69, 9.17) is 4.74 Å². The zero-order valence-electron chi connectivity index (χ0n) is 6.09. The summed E-state index contributed by atoms with van der Waals surface area (Å²) in [6.07, 6.45) is 0. The molecule has 0 aliphatic rings. The molecule has 0 saturated carbocycles. The number of carbonyl (C=O) groups is 1. The van der Waals surface area contributed by atoms with E-state index in [-0.39, 0.29) is 10.1 Å². The summed E-state index contributed by atoms with van der Waals surface area (Å²) in [6.45, 7) is 4.25. The van der Waals surface area contributed by atoms with E-state index in [9.17, 15) is 4.79 Å². The Bertz CT molecular complexity index is 108. The van der Waals surface area contributed by atoms with Crippen LogP contribution in [-0.4, -0.2) is 22.5 Å². The van der Waals surface area contributed by atoms with E-state index < -0.39 is 0 Å². The number of hydrogen-bond acceptors (Lipinski definition) is 3. The van der Waals surface area contributed by atoms with Gasteiger partial charge in [0.1, 0.15) is 0 Å². The van der Waals surface area contributed by atoms with Crippen molar-refractivity contribution in [2.75, 3.05) is 12.4 Å². The standard InChI is InChI=1S/C6H11BrO2S/c1-3-9-6(8)5(7)10-4-2/h5H,3-4H2,1-2H3. The van der Waals surface area contributed by atoms with Gasteiger partial charge in [-0.3, -0.25) is 0 Å². The minimum Gasteiger partial charge on any atom is -0.465 e. The van der Waals surface area contributed by atoms with Gasteiger partial charge >= 0.3 is 5.97 Å². The van der Waals surface area contributed by atoms with Crippen LogP contribution in [0.4, 0.5) is 0 Å². The van der Waals surface area contributed by atoms with Crippen molar-refractivity contribution >= 4 is 33.7 Å². The molecule has 0 amide bonds. The third-order valence-electron chi connectivity index (χ3n) is 0.785. The van der Waals surface area contributed by atoms with Crippen molar-refractivity contribution in [3.05, 3.63) is 0 Å². The van der Waals surface area contributed by atoms with Crippen LogP contribution in [0.2, 0.25) is 0 Å². The Balaban J connectivity index is 3.49. The number of rotatable bonds is 4. The molecule has 0 aromatic heterocycles. The Labute approximate surface area is 73.8 Å². The third-order valence-corrected chi connectivity index (χ3v) is 2.77. The second-order valence-electron chi connectivity index (χ2n) is 1.52. The van der Waals surface area contributed by atoms with Gasteiger partial charge in [0.15, 0.2) is 4.16 Å². The molecular weight excluding hydrogens is 216 g/mol. The smallest absolute Gasteiger partial charge is 0.329 e. The summed E-state index contributed by atoms with van der Waals surface area (Å²) in [5.41, 5.74) is 0. The summed E-state index contributed by atoms with van der Waals surface area (Å²) in [5.74, 6) is 0.726. The predicted octanol–water partition coefficient (Wildman–Crippen LogP) is 2.02. The maximum absolute atomic E-state index is 10.8. The van der Waals surface area contributed by atoms with Gasteiger partial charge in [-0.1, -0.05) is 22.9 Å². The van der Waals surface area contributed by atoms with Crippen LogP contribution in [0.25, 0.3) is 0 Å². The van der Waals surface area contributed by atoms with Gasteiger partial charge in [0.25, 0.3) is 0 Å². The SMILES string of the molecule is CCOC(=O)C(Br)SCC.